The number of aromatic nitrogens is 1. The molecule has 5 rings (SSSR count). The van der Waals surface area contributed by atoms with Gasteiger partial charge < -0.3 is 14.5 Å². The lowest BCUT2D eigenvalue weighted by molar-refractivity contribution is -0.144. The molecule has 1 aliphatic carbocycles. The molecule has 0 bridgehead atoms. The Labute approximate surface area is 220 Å². The van der Waals surface area contributed by atoms with Crippen molar-refractivity contribution in [2.45, 2.75) is 44.9 Å². The van der Waals surface area contributed by atoms with E-state index < -0.39 is 11.6 Å². The van der Waals surface area contributed by atoms with Crippen LogP contribution in [0.25, 0.3) is 0 Å². The molecule has 2 aromatic rings. The van der Waals surface area contributed by atoms with E-state index in [1.54, 1.807) is 18.2 Å². The molecular weight excluding hydrogens is 500 g/mol. The Kier molecular flexibility index (Phi) is 7.39. The van der Waals surface area contributed by atoms with Crippen molar-refractivity contribution in [1.29, 1.82) is 0 Å². The van der Waals surface area contributed by atoms with Crippen LogP contribution < -0.4 is 4.74 Å². The SMILES string of the molecule is CC1(C(=O)N2CCC(C(=O)N3CC[C@H](COc4ccc(Cl)cn4)[C@@H](c4ccc(F)c(F)c4)C3)CC2)CC1. The number of carbonyl (C=O) groups is 2. The zero-order valence-corrected chi connectivity index (χ0v) is 21.7. The van der Waals surface area contributed by atoms with Crippen molar-refractivity contribution in [2.24, 2.45) is 17.3 Å². The number of piperidine rings is 2. The number of nitrogens with zero attached hydrogens (tertiary/aromatic N) is 3. The lowest BCUT2D eigenvalue weighted by Gasteiger charge is -2.41. The Morgan fingerprint density at radius 1 is 1.05 bits per heavy atom. The fourth-order valence-electron chi connectivity index (χ4n) is 5.53. The molecule has 1 aromatic heterocycles. The van der Waals surface area contributed by atoms with E-state index in [0.29, 0.717) is 68.5 Å². The van der Waals surface area contributed by atoms with Crippen molar-refractivity contribution in [3.05, 3.63) is 58.7 Å². The second-order valence-electron chi connectivity index (χ2n) is 10.9. The van der Waals surface area contributed by atoms with E-state index in [1.807, 2.05) is 16.7 Å². The summed E-state index contributed by atoms with van der Waals surface area (Å²) < 4.78 is 33.7. The standard InChI is InChI=1S/C28H32ClF2N3O3/c1-28(9-10-28)27(36)33-11-6-18(7-12-33)26(35)34-13-8-20(17-37-25-5-3-21(29)15-32-25)22(16-34)19-2-4-23(30)24(31)14-19/h2-5,14-15,18,20,22H,6-13,16-17H2,1H3/t20-,22-/m1/s1. The van der Waals surface area contributed by atoms with E-state index in [0.717, 1.165) is 18.9 Å². The van der Waals surface area contributed by atoms with Crippen molar-refractivity contribution in [2.75, 3.05) is 32.8 Å². The molecule has 2 aliphatic heterocycles. The number of benzene rings is 1. The second kappa shape index (κ2) is 10.6. The summed E-state index contributed by atoms with van der Waals surface area (Å²) in [6, 6.07) is 7.34. The Bertz CT molecular complexity index is 1150. The molecule has 3 aliphatic rings. The van der Waals surface area contributed by atoms with Crippen molar-refractivity contribution < 1.29 is 23.1 Å². The lowest BCUT2D eigenvalue weighted by Crippen LogP contribution is -2.49. The first-order chi connectivity index (χ1) is 17.7. The predicted octanol–water partition coefficient (Wildman–Crippen LogP) is 5.06. The molecule has 2 atom stereocenters. The summed E-state index contributed by atoms with van der Waals surface area (Å²) in [6.07, 6.45) is 5.38. The van der Waals surface area contributed by atoms with Crippen molar-refractivity contribution in [3.63, 3.8) is 0 Å². The lowest BCUT2D eigenvalue weighted by atomic mass is 9.80. The van der Waals surface area contributed by atoms with Crippen molar-refractivity contribution in [1.82, 2.24) is 14.8 Å². The summed E-state index contributed by atoms with van der Waals surface area (Å²) in [5.41, 5.74) is 0.451. The van der Waals surface area contributed by atoms with Gasteiger partial charge in [0.1, 0.15) is 0 Å². The molecule has 2 saturated heterocycles. The molecule has 37 heavy (non-hydrogen) atoms. The number of amides is 2. The van der Waals surface area contributed by atoms with E-state index in [2.05, 4.69) is 4.98 Å². The molecule has 6 nitrogen and oxygen atoms in total. The molecule has 3 heterocycles. The van der Waals surface area contributed by atoms with Gasteiger partial charge in [0.2, 0.25) is 17.7 Å². The number of pyridine rings is 1. The summed E-state index contributed by atoms with van der Waals surface area (Å²) in [5, 5.41) is 0.510. The van der Waals surface area contributed by atoms with Gasteiger partial charge in [-0.15, -0.1) is 0 Å². The molecule has 1 aromatic carbocycles. The highest BCUT2D eigenvalue weighted by molar-refractivity contribution is 6.30. The summed E-state index contributed by atoms with van der Waals surface area (Å²) in [5.74, 6) is -1.42. The molecule has 2 amide bonds. The average molecular weight is 532 g/mol. The topological polar surface area (TPSA) is 62.7 Å². The number of ether oxygens (including phenoxy) is 1. The highest BCUT2D eigenvalue weighted by atomic mass is 35.5. The minimum atomic E-state index is -0.901. The van der Waals surface area contributed by atoms with Crippen LogP contribution in [-0.4, -0.2) is 59.4 Å². The van der Waals surface area contributed by atoms with E-state index in [1.165, 1.54) is 12.3 Å². The average Bonchev–Trinajstić information content (AvgIpc) is 3.67. The Balaban J connectivity index is 1.25. The quantitative estimate of drug-likeness (QED) is 0.522. The fraction of sp³-hybridized carbons (Fsp3) is 0.536. The van der Waals surface area contributed by atoms with E-state index in [4.69, 9.17) is 16.3 Å². The molecule has 9 heteroatoms. The maximum Gasteiger partial charge on any atom is 0.228 e. The summed E-state index contributed by atoms with van der Waals surface area (Å²) in [6.45, 7) is 4.54. The molecular formula is C28H32ClF2N3O3. The van der Waals surface area contributed by atoms with Gasteiger partial charge in [-0.3, -0.25) is 9.59 Å². The highest BCUT2D eigenvalue weighted by Crippen LogP contribution is 2.47. The van der Waals surface area contributed by atoms with Crippen LogP contribution in [0.3, 0.4) is 0 Å². The zero-order chi connectivity index (χ0) is 26.2. The highest BCUT2D eigenvalue weighted by Gasteiger charge is 2.48. The van der Waals surface area contributed by atoms with E-state index in [-0.39, 0.29) is 35.0 Å². The number of hydrogen-bond acceptors (Lipinski definition) is 4. The van der Waals surface area contributed by atoms with Gasteiger partial charge in [-0.2, -0.15) is 0 Å². The van der Waals surface area contributed by atoms with E-state index >= 15 is 0 Å². The Morgan fingerprint density at radius 2 is 1.78 bits per heavy atom. The maximum atomic E-state index is 14.1. The third-order valence-electron chi connectivity index (χ3n) is 8.23. The Hall–Kier alpha value is -2.74. The summed E-state index contributed by atoms with van der Waals surface area (Å²) in [4.78, 5) is 34.1. The van der Waals surface area contributed by atoms with Crippen LogP contribution in [0.15, 0.2) is 36.5 Å². The van der Waals surface area contributed by atoms with Crippen molar-refractivity contribution >= 4 is 23.4 Å². The smallest absolute Gasteiger partial charge is 0.228 e. The van der Waals surface area contributed by atoms with E-state index in [9.17, 15) is 18.4 Å². The minimum absolute atomic E-state index is 0.00913. The zero-order valence-electron chi connectivity index (χ0n) is 21.0. The summed E-state index contributed by atoms with van der Waals surface area (Å²) >= 11 is 5.91. The van der Waals surface area contributed by atoms with Gasteiger partial charge in [-0.25, -0.2) is 13.8 Å². The second-order valence-corrected chi connectivity index (χ2v) is 11.3. The minimum Gasteiger partial charge on any atom is -0.477 e. The van der Waals surface area contributed by atoms with Gasteiger partial charge in [-0.05, 0) is 55.9 Å². The first-order valence-corrected chi connectivity index (χ1v) is 13.4. The fourth-order valence-corrected chi connectivity index (χ4v) is 5.64. The van der Waals surface area contributed by atoms with Crippen LogP contribution in [0, 0.1) is 28.9 Å². The van der Waals surface area contributed by atoms with Gasteiger partial charge in [0.05, 0.1) is 11.6 Å². The largest absolute Gasteiger partial charge is 0.477 e. The number of hydrogen-bond donors (Lipinski definition) is 0. The Morgan fingerprint density at radius 3 is 2.43 bits per heavy atom. The molecule has 0 radical (unpaired) electrons. The van der Waals surface area contributed by atoms with Crippen LogP contribution >= 0.6 is 11.6 Å². The third-order valence-corrected chi connectivity index (χ3v) is 8.46. The molecule has 198 valence electrons. The predicted molar refractivity (Wildman–Crippen MR) is 135 cm³/mol. The molecule has 3 fully saturated rings. The monoisotopic (exact) mass is 531 g/mol. The molecule has 1 saturated carbocycles. The van der Waals surface area contributed by atoms with Crippen LogP contribution in [0.5, 0.6) is 5.88 Å². The normalized spacial score (nSPS) is 23.6. The van der Waals surface area contributed by atoms with Gasteiger partial charge in [-0.1, -0.05) is 24.6 Å². The molecule has 0 spiro atoms. The van der Waals surface area contributed by atoms with Gasteiger partial charge in [0.15, 0.2) is 11.6 Å². The first kappa shape index (κ1) is 25.9. The molecule has 0 unspecified atom stereocenters. The van der Waals surface area contributed by atoms with Crippen LogP contribution in [0.1, 0.15) is 50.5 Å². The van der Waals surface area contributed by atoms with Crippen molar-refractivity contribution in [3.8, 4) is 5.88 Å². The molecule has 0 N–H and O–H groups in total. The van der Waals surface area contributed by atoms with Gasteiger partial charge in [0.25, 0.3) is 0 Å². The van der Waals surface area contributed by atoms with Gasteiger partial charge in [0, 0.05) is 61.6 Å². The summed E-state index contributed by atoms with van der Waals surface area (Å²) in [7, 11) is 0. The number of rotatable bonds is 6. The number of likely N-dealkylation sites (tertiary alicyclic amines) is 2. The number of carbonyl (C=O) groups excluding carboxylic acids is 2. The first-order valence-electron chi connectivity index (χ1n) is 13.0. The maximum absolute atomic E-state index is 14.1. The van der Waals surface area contributed by atoms with Crippen LogP contribution in [-0.2, 0) is 9.59 Å². The third kappa shape index (κ3) is 5.74. The number of halogens is 3. The van der Waals surface area contributed by atoms with Crippen LogP contribution in [0.2, 0.25) is 5.02 Å². The van der Waals surface area contributed by atoms with Gasteiger partial charge >= 0.3 is 0 Å². The van der Waals surface area contributed by atoms with Crippen LogP contribution in [0.4, 0.5) is 8.78 Å².